The quantitative estimate of drug-likeness (QED) is 0.531. The van der Waals surface area contributed by atoms with E-state index in [2.05, 4.69) is 27.5 Å². The van der Waals surface area contributed by atoms with Gasteiger partial charge in [-0.2, -0.15) is 0 Å². The van der Waals surface area contributed by atoms with Crippen LogP contribution in [0.25, 0.3) is 0 Å². The van der Waals surface area contributed by atoms with Gasteiger partial charge in [0.2, 0.25) is 0 Å². The molecule has 148 valence electrons. The zero-order chi connectivity index (χ0) is 19.8. The summed E-state index contributed by atoms with van der Waals surface area (Å²) in [6.07, 6.45) is 0.715. The first-order chi connectivity index (χ1) is 13.0. The van der Waals surface area contributed by atoms with Gasteiger partial charge in [-0.3, -0.25) is 4.99 Å². The topological polar surface area (TPSA) is 77.0 Å². The van der Waals surface area contributed by atoms with E-state index < -0.39 is 0 Å². The molecule has 0 saturated carbocycles. The highest BCUT2D eigenvalue weighted by Crippen LogP contribution is 2.34. The van der Waals surface area contributed by atoms with Crippen LogP contribution in [-0.4, -0.2) is 45.9 Å². The van der Waals surface area contributed by atoms with Gasteiger partial charge in [-0.05, 0) is 20.3 Å². The van der Waals surface area contributed by atoms with E-state index in [0.717, 1.165) is 33.7 Å². The monoisotopic (exact) mass is 392 g/mol. The summed E-state index contributed by atoms with van der Waals surface area (Å²) in [6, 6.07) is 3.72. The number of methoxy groups -OCH3 is 3. The second kappa shape index (κ2) is 10.0. The molecule has 0 unspecified atom stereocenters. The van der Waals surface area contributed by atoms with Crippen LogP contribution in [0.3, 0.4) is 0 Å². The van der Waals surface area contributed by atoms with Crippen LogP contribution >= 0.6 is 11.3 Å². The number of benzene rings is 1. The largest absolute Gasteiger partial charge is 0.496 e. The van der Waals surface area contributed by atoms with Gasteiger partial charge < -0.3 is 24.8 Å². The van der Waals surface area contributed by atoms with Crippen LogP contribution in [0.5, 0.6) is 17.2 Å². The third-order valence-electron chi connectivity index (χ3n) is 4.19. The maximum atomic E-state index is 5.49. The first kappa shape index (κ1) is 20.8. The van der Waals surface area contributed by atoms with Crippen LogP contribution in [0.1, 0.15) is 21.1 Å². The molecule has 0 spiro atoms. The van der Waals surface area contributed by atoms with Gasteiger partial charge in [-0.1, -0.05) is 0 Å². The van der Waals surface area contributed by atoms with Gasteiger partial charge in [-0.15, -0.1) is 11.3 Å². The van der Waals surface area contributed by atoms with Crippen molar-refractivity contribution in [3.63, 3.8) is 0 Å². The summed E-state index contributed by atoms with van der Waals surface area (Å²) < 4.78 is 16.3. The highest BCUT2D eigenvalue weighted by atomic mass is 32.1. The van der Waals surface area contributed by atoms with Gasteiger partial charge in [0.1, 0.15) is 22.3 Å². The molecule has 0 amide bonds. The lowest BCUT2D eigenvalue weighted by Gasteiger charge is -2.16. The Morgan fingerprint density at radius 2 is 1.74 bits per heavy atom. The molecule has 0 radical (unpaired) electrons. The molecule has 7 nitrogen and oxygen atoms in total. The molecule has 0 fully saturated rings. The van der Waals surface area contributed by atoms with E-state index in [4.69, 9.17) is 14.2 Å². The van der Waals surface area contributed by atoms with Crippen LogP contribution in [0.4, 0.5) is 0 Å². The molecule has 1 aromatic carbocycles. The highest BCUT2D eigenvalue weighted by Gasteiger charge is 2.13. The lowest BCUT2D eigenvalue weighted by molar-refractivity contribution is 0.368. The molecular weight excluding hydrogens is 364 g/mol. The van der Waals surface area contributed by atoms with Crippen molar-refractivity contribution in [3.8, 4) is 17.2 Å². The molecular formula is C19H28N4O3S. The summed E-state index contributed by atoms with van der Waals surface area (Å²) in [6.45, 7) is 5.43. The van der Waals surface area contributed by atoms with E-state index in [1.54, 1.807) is 39.7 Å². The minimum absolute atomic E-state index is 0.647. The number of guanidine groups is 1. The number of ether oxygens (including phenoxy) is 3. The summed E-state index contributed by atoms with van der Waals surface area (Å²) in [5.74, 6) is 2.91. The standard InChI is InChI=1S/C19H28N4O3S/c1-12-13(2)27-18(23-12)11-22-19(20-3)21-8-7-15-16(25-5)9-14(24-4)10-17(15)26-6/h9-10H,7-8,11H2,1-6H3,(H2,20,21,22). The second-order valence-corrected chi connectivity index (χ2v) is 7.15. The molecule has 0 saturated heterocycles. The van der Waals surface area contributed by atoms with Crippen molar-refractivity contribution in [2.45, 2.75) is 26.8 Å². The fourth-order valence-corrected chi connectivity index (χ4v) is 3.50. The van der Waals surface area contributed by atoms with E-state index in [-0.39, 0.29) is 0 Å². The number of thiazole rings is 1. The number of hydrogen-bond donors (Lipinski definition) is 2. The molecule has 0 bridgehead atoms. The molecule has 1 heterocycles. The Hall–Kier alpha value is -2.48. The summed E-state index contributed by atoms with van der Waals surface area (Å²) in [5.41, 5.74) is 2.06. The number of rotatable bonds is 8. The van der Waals surface area contributed by atoms with E-state index in [0.29, 0.717) is 25.3 Å². The zero-order valence-corrected chi connectivity index (χ0v) is 17.6. The molecule has 2 aromatic rings. The van der Waals surface area contributed by atoms with Crippen LogP contribution in [-0.2, 0) is 13.0 Å². The Morgan fingerprint density at radius 1 is 1.07 bits per heavy atom. The van der Waals surface area contributed by atoms with Gasteiger partial charge >= 0.3 is 0 Å². The van der Waals surface area contributed by atoms with Crippen LogP contribution in [0.2, 0.25) is 0 Å². The summed E-state index contributed by atoms with van der Waals surface area (Å²) in [7, 11) is 6.66. The number of aryl methyl sites for hydroxylation is 2. The number of hydrogen-bond acceptors (Lipinski definition) is 6. The molecule has 2 rings (SSSR count). The van der Waals surface area contributed by atoms with Crippen LogP contribution < -0.4 is 24.8 Å². The number of aliphatic imine (C=N–C) groups is 1. The third kappa shape index (κ3) is 5.50. The third-order valence-corrected chi connectivity index (χ3v) is 5.26. The van der Waals surface area contributed by atoms with Crippen molar-refractivity contribution in [1.82, 2.24) is 15.6 Å². The van der Waals surface area contributed by atoms with Crippen LogP contribution in [0, 0.1) is 13.8 Å². The summed E-state index contributed by atoms with van der Waals surface area (Å²) in [5, 5.41) is 7.65. The molecule has 8 heteroatoms. The lowest BCUT2D eigenvalue weighted by Crippen LogP contribution is -2.37. The summed E-state index contributed by atoms with van der Waals surface area (Å²) >= 11 is 1.70. The first-order valence-electron chi connectivity index (χ1n) is 8.68. The van der Waals surface area contributed by atoms with Crippen LogP contribution in [0.15, 0.2) is 17.1 Å². The highest BCUT2D eigenvalue weighted by molar-refractivity contribution is 7.11. The normalized spacial score (nSPS) is 11.3. The van der Waals surface area contributed by atoms with Gasteiger partial charge in [0, 0.05) is 36.2 Å². The minimum Gasteiger partial charge on any atom is -0.496 e. The maximum absolute atomic E-state index is 5.49. The van der Waals surface area contributed by atoms with Crippen molar-refractivity contribution in [1.29, 1.82) is 0 Å². The predicted octanol–water partition coefficient (Wildman–Crippen LogP) is 2.69. The Labute approximate surface area is 164 Å². The van der Waals surface area contributed by atoms with E-state index >= 15 is 0 Å². The van der Waals surface area contributed by atoms with E-state index in [9.17, 15) is 0 Å². The first-order valence-corrected chi connectivity index (χ1v) is 9.50. The van der Waals surface area contributed by atoms with Crippen molar-refractivity contribution >= 4 is 17.3 Å². The number of nitrogens with one attached hydrogen (secondary N) is 2. The van der Waals surface area contributed by atoms with Gasteiger partial charge in [0.25, 0.3) is 0 Å². The van der Waals surface area contributed by atoms with E-state index in [1.165, 1.54) is 4.88 Å². The van der Waals surface area contributed by atoms with Gasteiger partial charge in [0.05, 0.1) is 33.6 Å². The lowest BCUT2D eigenvalue weighted by atomic mass is 10.1. The molecule has 1 aromatic heterocycles. The average Bonchev–Trinajstić information content (AvgIpc) is 3.01. The minimum atomic E-state index is 0.647. The molecule has 0 atom stereocenters. The molecule has 27 heavy (non-hydrogen) atoms. The number of nitrogens with zero attached hydrogens (tertiary/aromatic N) is 2. The van der Waals surface area contributed by atoms with Crippen molar-refractivity contribution in [2.75, 3.05) is 34.9 Å². The average molecular weight is 393 g/mol. The Morgan fingerprint density at radius 3 is 2.22 bits per heavy atom. The zero-order valence-electron chi connectivity index (χ0n) is 16.8. The molecule has 0 aliphatic carbocycles. The maximum Gasteiger partial charge on any atom is 0.191 e. The van der Waals surface area contributed by atoms with Crippen molar-refractivity contribution in [3.05, 3.63) is 33.3 Å². The SMILES string of the molecule is CN=C(NCCc1c(OC)cc(OC)cc1OC)NCc1nc(C)c(C)s1. The molecule has 0 aliphatic rings. The van der Waals surface area contributed by atoms with Gasteiger partial charge in [-0.25, -0.2) is 4.98 Å². The Bertz CT molecular complexity index is 745. The van der Waals surface area contributed by atoms with Crippen molar-refractivity contribution in [2.24, 2.45) is 4.99 Å². The summed E-state index contributed by atoms with van der Waals surface area (Å²) in [4.78, 5) is 10.0. The molecule has 0 aliphatic heterocycles. The smallest absolute Gasteiger partial charge is 0.191 e. The second-order valence-electron chi connectivity index (χ2n) is 5.86. The molecule has 2 N–H and O–H groups in total. The Kier molecular flexibility index (Phi) is 7.72. The predicted molar refractivity (Wildman–Crippen MR) is 110 cm³/mol. The van der Waals surface area contributed by atoms with Gasteiger partial charge in [0.15, 0.2) is 5.96 Å². The number of aromatic nitrogens is 1. The Balaban J connectivity index is 1.95. The fraction of sp³-hybridized carbons (Fsp3) is 0.474. The van der Waals surface area contributed by atoms with Crippen molar-refractivity contribution < 1.29 is 14.2 Å². The van der Waals surface area contributed by atoms with E-state index in [1.807, 2.05) is 19.1 Å². The fourth-order valence-electron chi connectivity index (χ4n) is 2.62.